The van der Waals surface area contributed by atoms with Gasteiger partial charge in [0.1, 0.15) is 0 Å². The van der Waals surface area contributed by atoms with E-state index in [0.29, 0.717) is 12.0 Å². The van der Waals surface area contributed by atoms with Crippen molar-refractivity contribution in [3.05, 3.63) is 35.9 Å². The van der Waals surface area contributed by atoms with E-state index >= 15 is 0 Å². The Balaban J connectivity index is 1.82. The summed E-state index contributed by atoms with van der Waals surface area (Å²) in [6.45, 7) is 10.0. The summed E-state index contributed by atoms with van der Waals surface area (Å²) >= 11 is 0. The molecule has 1 aliphatic heterocycles. The zero-order chi connectivity index (χ0) is 13.7. The lowest BCUT2D eigenvalue weighted by molar-refractivity contribution is 0.0420. The molecule has 1 aromatic carbocycles. The lowest BCUT2D eigenvalue weighted by Gasteiger charge is -2.40. The number of benzene rings is 1. The maximum absolute atomic E-state index is 9.49. The van der Waals surface area contributed by atoms with E-state index in [2.05, 4.69) is 54.0 Å². The third-order valence-corrected chi connectivity index (χ3v) is 4.08. The molecular formula is C16H26N2O. The van der Waals surface area contributed by atoms with E-state index in [4.69, 9.17) is 0 Å². The molecule has 2 rings (SSSR count). The lowest BCUT2D eigenvalue weighted by Crippen LogP contribution is -2.52. The molecule has 0 aromatic heterocycles. The Labute approximate surface area is 116 Å². The number of hydrogen-bond acceptors (Lipinski definition) is 3. The molecule has 1 aromatic rings. The van der Waals surface area contributed by atoms with E-state index in [0.717, 1.165) is 32.7 Å². The van der Waals surface area contributed by atoms with Gasteiger partial charge in [0, 0.05) is 38.8 Å². The summed E-state index contributed by atoms with van der Waals surface area (Å²) in [4.78, 5) is 4.94. The van der Waals surface area contributed by atoms with Crippen LogP contribution in [0.1, 0.15) is 19.4 Å². The first-order valence-corrected chi connectivity index (χ1v) is 7.32. The average Bonchev–Trinajstić information content (AvgIpc) is 2.42. The maximum atomic E-state index is 9.49. The Morgan fingerprint density at radius 3 is 2.21 bits per heavy atom. The number of nitrogens with zero attached hydrogens (tertiary/aromatic N) is 2. The summed E-state index contributed by atoms with van der Waals surface area (Å²) in [5.41, 5.74) is 1.39. The van der Waals surface area contributed by atoms with Crippen molar-refractivity contribution in [3.8, 4) is 0 Å². The van der Waals surface area contributed by atoms with Crippen molar-refractivity contribution in [2.75, 3.05) is 32.8 Å². The number of aliphatic hydroxyl groups is 1. The molecule has 0 aliphatic carbocycles. The van der Waals surface area contributed by atoms with Crippen LogP contribution >= 0.6 is 0 Å². The summed E-state index contributed by atoms with van der Waals surface area (Å²) in [6.07, 6.45) is 0. The second-order valence-corrected chi connectivity index (χ2v) is 5.79. The van der Waals surface area contributed by atoms with E-state index in [1.54, 1.807) is 0 Å². The van der Waals surface area contributed by atoms with Gasteiger partial charge in [0.15, 0.2) is 0 Å². The summed E-state index contributed by atoms with van der Waals surface area (Å²) in [7, 11) is 0. The first-order valence-electron chi connectivity index (χ1n) is 7.32. The van der Waals surface area contributed by atoms with E-state index in [-0.39, 0.29) is 6.61 Å². The zero-order valence-corrected chi connectivity index (χ0v) is 12.1. The van der Waals surface area contributed by atoms with Gasteiger partial charge in [-0.25, -0.2) is 0 Å². The molecule has 1 atom stereocenters. The normalized spacial score (nSPS) is 19.8. The third kappa shape index (κ3) is 4.03. The highest BCUT2D eigenvalue weighted by atomic mass is 16.3. The monoisotopic (exact) mass is 262 g/mol. The fourth-order valence-electron chi connectivity index (χ4n) is 2.84. The molecule has 1 heterocycles. The Bertz CT molecular complexity index is 358. The van der Waals surface area contributed by atoms with Crippen LogP contribution in [0.5, 0.6) is 0 Å². The molecule has 1 N–H and O–H groups in total. The van der Waals surface area contributed by atoms with Gasteiger partial charge in [0.25, 0.3) is 0 Å². The largest absolute Gasteiger partial charge is 0.395 e. The van der Waals surface area contributed by atoms with Crippen LogP contribution in [0, 0.1) is 5.92 Å². The minimum atomic E-state index is 0.274. The molecule has 0 saturated carbocycles. The molecule has 1 unspecified atom stereocenters. The molecule has 0 amide bonds. The van der Waals surface area contributed by atoms with Crippen LogP contribution in [0.25, 0.3) is 0 Å². The predicted molar refractivity (Wildman–Crippen MR) is 79.0 cm³/mol. The maximum Gasteiger partial charge on any atom is 0.0589 e. The van der Waals surface area contributed by atoms with Gasteiger partial charge in [-0.1, -0.05) is 44.2 Å². The van der Waals surface area contributed by atoms with E-state index < -0.39 is 0 Å². The second-order valence-electron chi connectivity index (χ2n) is 5.79. The number of hydrogen-bond donors (Lipinski definition) is 1. The van der Waals surface area contributed by atoms with E-state index in [9.17, 15) is 5.11 Å². The summed E-state index contributed by atoms with van der Waals surface area (Å²) in [5, 5.41) is 9.49. The van der Waals surface area contributed by atoms with Gasteiger partial charge < -0.3 is 5.11 Å². The number of piperazine rings is 1. The first-order chi connectivity index (χ1) is 9.20. The Morgan fingerprint density at radius 1 is 1.05 bits per heavy atom. The fourth-order valence-corrected chi connectivity index (χ4v) is 2.84. The van der Waals surface area contributed by atoms with Crippen LogP contribution in [-0.2, 0) is 6.54 Å². The minimum Gasteiger partial charge on any atom is -0.395 e. The fraction of sp³-hybridized carbons (Fsp3) is 0.625. The van der Waals surface area contributed by atoms with Gasteiger partial charge in [0.05, 0.1) is 6.61 Å². The zero-order valence-electron chi connectivity index (χ0n) is 12.1. The van der Waals surface area contributed by atoms with E-state index in [1.165, 1.54) is 5.56 Å². The number of aliphatic hydroxyl groups excluding tert-OH is 1. The van der Waals surface area contributed by atoms with Crippen LogP contribution < -0.4 is 0 Å². The molecule has 0 radical (unpaired) electrons. The van der Waals surface area contributed by atoms with Crippen LogP contribution in [-0.4, -0.2) is 53.7 Å². The molecular weight excluding hydrogens is 236 g/mol. The van der Waals surface area contributed by atoms with Gasteiger partial charge in [-0.15, -0.1) is 0 Å². The molecule has 1 fully saturated rings. The molecule has 3 nitrogen and oxygen atoms in total. The highest BCUT2D eigenvalue weighted by Gasteiger charge is 2.25. The molecule has 0 spiro atoms. The van der Waals surface area contributed by atoms with Crippen LogP contribution in [0.4, 0.5) is 0 Å². The van der Waals surface area contributed by atoms with Crippen molar-refractivity contribution in [1.82, 2.24) is 9.80 Å². The summed E-state index contributed by atoms with van der Waals surface area (Å²) in [6, 6.07) is 11.0. The SMILES string of the molecule is CC(C)C(CO)N1CCN(Cc2ccccc2)CC1. The smallest absolute Gasteiger partial charge is 0.0589 e. The van der Waals surface area contributed by atoms with Crippen molar-refractivity contribution in [1.29, 1.82) is 0 Å². The van der Waals surface area contributed by atoms with Crippen LogP contribution in [0.2, 0.25) is 0 Å². The third-order valence-electron chi connectivity index (χ3n) is 4.08. The summed E-state index contributed by atoms with van der Waals surface area (Å²) < 4.78 is 0. The van der Waals surface area contributed by atoms with Crippen molar-refractivity contribution in [2.45, 2.75) is 26.4 Å². The molecule has 1 aliphatic rings. The van der Waals surface area contributed by atoms with Gasteiger partial charge in [-0.05, 0) is 11.5 Å². The Kier molecular flexibility index (Phi) is 5.37. The molecule has 106 valence electrons. The first kappa shape index (κ1) is 14.5. The highest BCUT2D eigenvalue weighted by Crippen LogP contribution is 2.14. The molecule has 19 heavy (non-hydrogen) atoms. The van der Waals surface area contributed by atoms with E-state index in [1.807, 2.05) is 0 Å². The standard InChI is InChI=1S/C16H26N2O/c1-14(2)16(13-19)18-10-8-17(9-11-18)12-15-6-4-3-5-7-15/h3-7,14,16,19H,8-13H2,1-2H3. The Morgan fingerprint density at radius 2 is 1.68 bits per heavy atom. The Hall–Kier alpha value is -0.900. The predicted octanol–water partition coefficient (Wildman–Crippen LogP) is 1.82. The number of rotatable bonds is 5. The van der Waals surface area contributed by atoms with Gasteiger partial charge in [-0.2, -0.15) is 0 Å². The molecule has 3 heteroatoms. The van der Waals surface area contributed by atoms with Crippen LogP contribution in [0.3, 0.4) is 0 Å². The van der Waals surface area contributed by atoms with Crippen molar-refractivity contribution < 1.29 is 5.11 Å². The summed E-state index contributed by atoms with van der Waals surface area (Å²) in [5.74, 6) is 0.519. The van der Waals surface area contributed by atoms with Gasteiger partial charge >= 0.3 is 0 Å². The van der Waals surface area contributed by atoms with Gasteiger partial charge in [0.2, 0.25) is 0 Å². The average molecular weight is 262 g/mol. The molecule has 1 saturated heterocycles. The highest BCUT2D eigenvalue weighted by molar-refractivity contribution is 5.14. The quantitative estimate of drug-likeness (QED) is 0.877. The topological polar surface area (TPSA) is 26.7 Å². The van der Waals surface area contributed by atoms with Crippen molar-refractivity contribution >= 4 is 0 Å². The molecule has 0 bridgehead atoms. The second kappa shape index (κ2) is 7.04. The van der Waals surface area contributed by atoms with Gasteiger partial charge in [-0.3, -0.25) is 9.80 Å². The van der Waals surface area contributed by atoms with Crippen molar-refractivity contribution in [2.24, 2.45) is 5.92 Å². The van der Waals surface area contributed by atoms with Crippen LogP contribution in [0.15, 0.2) is 30.3 Å². The lowest BCUT2D eigenvalue weighted by atomic mass is 10.0. The van der Waals surface area contributed by atoms with Crippen molar-refractivity contribution in [3.63, 3.8) is 0 Å². The minimum absolute atomic E-state index is 0.274.